The number of nitriles is 1. The van der Waals surface area contributed by atoms with Crippen LogP contribution in [0.2, 0.25) is 0 Å². The highest BCUT2D eigenvalue weighted by Crippen LogP contribution is 2.31. The lowest BCUT2D eigenvalue weighted by Gasteiger charge is -2.25. The maximum Gasteiger partial charge on any atom is 0.0998 e. The lowest BCUT2D eigenvalue weighted by molar-refractivity contribution is 0.568. The molecule has 0 saturated heterocycles. The number of hydrogen-bond acceptors (Lipinski definition) is 2. The van der Waals surface area contributed by atoms with Crippen LogP contribution in [0.25, 0.3) is 11.6 Å². The molecule has 0 aliphatic heterocycles. The Bertz CT molecular complexity index is 747. The first-order chi connectivity index (χ1) is 11.1. The van der Waals surface area contributed by atoms with Gasteiger partial charge >= 0.3 is 0 Å². The molecule has 1 aromatic carbocycles. The molecule has 124 valence electrons. The van der Waals surface area contributed by atoms with Crippen LogP contribution in [-0.4, -0.2) is 4.98 Å². The first-order valence-corrected chi connectivity index (χ1v) is 8.29. The predicted molar refractivity (Wildman–Crippen MR) is 102 cm³/mol. The molecule has 0 N–H and O–H groups in total. The van der Waals surface area contributed by atoms with Gasteiger partial charge in [0.2, 0.25) is 0 Å². The second kappa shape index (κ2) is 6.61. The number of nitrogens with zero attached hydrogens (tertiary/aromatic N) is 2. The maximum absolute atomic E-state index is 9.56. The van der Waals surface area contributed by atoms with Gasteiger partial charge in [0.1, 0.15) is 0 Å². The number of pyridine rings is 1. The zero-order valence-electron chi connectivity index (χ0n) is 15.5. The average molecular weight is 318 g/mol. The van der Waals surface area contributed by atoms with Crippen molar-refractivity contribution in [2.45, 2.75) is 52.4 Å². The van der Waals surface area contributed by atoms with Gasteiger partial charge in [-0.15, -0.1) is 0 Å². The van der Waals surface area contributed by atoms with Crippen LogP contribution in [0.15, 0.2) is 42.7 Å². The van der Waals surface area contributed by atoms with Crippen LogP contribution in [0.1, 0.15) is 63.8 Å². The first-order valence-electron chi connectivity index (χ1n) is 8.29. The summed E-state index contributed by atoms with van der Waals surface area (Å²) in [5, 5.41) is 9.56. The molecular formula is C22H26N2. The summed E-state index contributed by atoms with van der Waals surface area (Å²) in [5.41, 5.74) is 5.32. The van der Waals surface area contributed by atoms with E-state index >= 15 is 0 Å². The molecule has 1 heterocycles. The van der Waals surface area contributed by atoms with E-state index in [9.17, 15) is 5.26 Å². The third kappa shape index (κ3) is 4.32. The van der Waals surface area contributed by atoms with E-state index in [0.29, 0.717) is 5.57 Å². The fourth-order valence-electron chi connectivity index (χ4n) is 2.48. The van der Waals surface area contributed by atoms with Gasteiger partial charge in [-0.1, -0.05) is 59.7 Å². The summed E-state index contributed by atoms with van der Waals surface area (Å²) in [5.74, 6) is 0. The van der Waals surface area contributed by atoms with Crippen molar-refractivity contribution in [2.75, 3.05) is 0 Å². The molecule has 1 aromatic heterocycles. The Morgan fingerprint density at radius 2 is 1.42 bits per heavy atom. The summed E-state index contributed by atoms with van der Waals surface area (Å²) in [4.78, 5) is 4.03. The van der Waals surface area contributed by atoms with E-state index in [2.05, 4.69) is 70.8 Å². The summed E-state index contributed by atoms with van der Waals surface area (Å²) in [6.07, 6.45) is 5.40. The van der Waals surface area contributed by atoms with E-state index in [-0.39, 0.29) is 10.8 Å². The Kier molecular flexibility index (Phi) is 4.94. The maximum atomic E-state index is 9.56. The molecule has 0 saturated carbocycles. The van der Waals surface area contributed by atoms with Gasteiger partial charge in [-0.25, -0.2) is 0 Å². The van der Waals surface area contributed by atoms with Crippen molar-refractivity contribution >= 4 is 11.6 Å². The molecule has 0 atom stereocenters. The zero-order chi connectivity index (χ0) is 18.0. The number of allylic oxidation sites excluding steroid dienone is 1. The minimum absolute atomic E-state index is 0.0628. The molecule has 2 heteroatoms. The number of aromatic nitrogens is 1. The van der Waals surface area contributed by atoms with Gasteiger partial charge in [0.25, 0.3) is 0 Å². The molecule has 0 aliphatic rings. The molecule has 2 nitrogen and oxygen atoms in total. The molecule has 2 aromatic rings. The van der Waals surface area contributed by atoms with E-state index in [1.165, 1.54) is 11.1 Å². The van der Waals surface area contributed by atoms with Crippen LogP contribution in [0.5, 0.6) is 0 Å². The third-order valence-electron chi connectivity index (χ3n) is 4.11. The molecule has 0 amide bonds. The minimum atomic E-state index is 0.0628. The van der Waals surface area contributed by atoms with Crippen LogP contribution in [-0.2, 0) is 10.8 Å². The fourth-order valence-corrected chi connectivity index (χ4v) is 2.48. The lowest BCUT2D eigenvalue weighted by atomic mass is 9.79. The van der Waals surface area contributed by atoms with Crippen molar-refractivity contribution in [3.8, 4) is 6.07 Å². The molecule has 0 unspecified atom stereocenters. The first kappa shape index (κ1) is 17.9. The fraction of sp³-hybridized carbons (Fsp3) is 0.364. The molecular weight excluding hydrogens is 292 g/mol. The largest absolute Gasteiger partial charge is 0.265 e. The molecule has 24 heavy (non-hydrogen) atoms. The highest BCUT2D eigenvalue weighted by atomic mass is 14.6. The minimum Gasteiger partial charge on any atom is -0.265 e. The number of hydrogen-bond donors (Lipinski definition) is 0. The molecule has 0 fully saturated rings. The average Bonchev–Trinajstić information content (AvgIpc) is 2.51. The monoisotopic (exact) mass is 318 g/mol. The van der Waals surface area contributed by atoms with Crippen LogP contribution >= 0.6 is 0 Å². The van der Waals surface area contributed by atoms with Crippen LogP contribution in [0.4, 0.5) is 0 Å². The van der Waals surface area contributed by atoms with Gasteiger partial charge < -0.3 is 0 Å². The predicted octanol–water partition coefficient (Wildman–Crippen LogP) is 5.74. The van der Waals surface area contributed by atoms with Crippen molar-refractivity contribution < 1.29 is 0 Å². The molecule has 0 spiro atoms. The van der Waals surface area contributed by atoms with Gasteiger partial charge in [-0.3, -0.25) is 4.98 Å². The molecule has 0 radical (unpaired) electrons. The van der Waals surface area contributed by atoms with Crippen molar-refractivity contribution in [1.82, 2.24) is 4.98 Å². The molecule has 0 aliphatic carbocycles. The van der Waals surface area contributed by atoms with Crippen molar-refractivity contribution in [2.24, 2.45) is 0 Å². The zero-order valence-corrected chi connectivity index (χ0v) is 15.5. The van der Waals surface area contributed by atoms with E-state index in [1.54, 1.807) is 12.4 Å². The van der Waals surface area contributed by atoms with Crippen molar-refractivity contribution in [1.29, 1.82) is 5.26 Å². The summed E-state index contributed by atoms with van der Waals surface area (Å²) < 4.78 is 0. The second-order valence-corrected chi connectivity index (χ2v) is 8.25. The summed E-state index contributed by atoms with van der Waals surface area (Å²) >= 11 is 0. The topological polar surface area (TPSA) is 36.7 Å². The third-order valence-corrected chi connectivity index (χ3v) is 4.11. The standard InChI is InChI=1S/C22H26N2/c1-21(2,3)19-12-16(13-20(14-19)22(4,5)6)11-18(15-23)17-7-9-24-10-8-17/h7-14H,1-6H3/b18-11+. The van der Waals surface area contributed by atoms with Crippen LogP contribution < -0.4 is 0 Å². The van der Waals surface area contributed by atoms with Crippen molar-refractivity contribution in [3.05, 3.63) is 65.0 Å². The highest BCUT2D eigenvalue weighted by Gasteiger charge is 2.20. The second-order valence-electron chi connectivity index (χ2n) is 8.25. The lowest BCUT2D eigenvalue weighted by Crippen LogP contribution is -2.16. The summed E-state index contributed by atoms with van der Waals surface area (Å²) in [6.45, 7) is 13.3. The number of benzene rings is 1. The van der Waals surface area contributed by atoms with E-state index in [4.69, 9.17) is 0 Å². The Morgan fingerprint density at radius 3 is 1.83 bits per heavy atom. The van der Waals surface area contributed by atoms with E-state index in [1.807, 2.05) is 18.2 Å². The van der Waals surface area contributed by atoms with Gasteiger partial charge in [0.15, 0.2) is 0 Å². The Morgan fingerprint density at radius 1 is 0.917 bits per heavy atom. The van der Waals surface area contributed by atoms with E-state index in [0.717, 1.165) is 11.1 Å². The molecule has 2 rings (SSSR count). The smallest absolute Gasteiger partial charge is 0.0998 e. The Labute approximate surface area is 145 Å². The normalized spacial score (nSPS) is 12.8. The Balaban J connectivity index is 2.61. The molecule has 0 bridgehead atoms. The van der Waals surface area contributed by atoms with E-state index < -0.39 is 0 Å². The Hall–Kier alpha value is -2.40. The SMILES string of the molecule is CC(C)(C)c1cc(/C=C(\C#N)c2ccncc2)cc(C(C)(C)C)c1. The quantitative estimate of drug-likeness (QED) is 0.662. The van der Waals surface area contributed by atoms with Crippen molar-refractivity contribution in [3.63, 3.8) is 0 Å². The van der Waals surface area contributed by atoms with Gasteiger partial charge in [0.05, 0.1) is 11.6 Å². The van der Waals surface area contributed by atoms with Crippen LogP contribution in [0.3, 0.4) is 0 Å². The summed E-state index contributed by atoms with van der Waals surface area (Å²) in [7, 11) is 0. The summed E-state index contributed by atoms with van der Waals surface area (Å²) in [6, 6.07) is 12.7. The van der Waals surface area contributed by atoms with Gasteiger partial charge in [-0.2, -0.15) is 5.26 Å². The van der Waals surface area contributed by atoms with Crippen LogP contribution in [0, 0.1) is 11.3 Å². The number of rotatable bonds is 2. The van der Waals surface area contributed by atoms with Gasteiger partial charge in [-0.05, 0) is 51.3 Å². The van der Waals surface area contributed by atoms with Gasteiger partial charge in [0, 0.05) is 12.4 Å². The highest BCUT2D eigenvalue weighted by molar-refractivity contribution is 5.89.